The molecular formula is C16H14F3N3O3. The third-order valence-electron chi connectivity index (χ3n) is 4.19. The van der Waals surface area contributed by atoms with E-state index in [0.29, 0.717) is 5.92 Å². The van der Waals surface area contributed by atoms with Crippen molar-refractivity contribution in [1.82, 2.24) is 15.0 Å². The van der Waals surface area contributed by atoms with Gasteiger partial charge in [0.25, 0.3) is 5.91 Å². The van der Waals surface area contributed by atoms with Gasteiger partial charge in [0.1, 0.15) is 23.3 Å². The van der Waals surface area contributed by atoms with Crippen LogP contribution in [0.15, 0.2) is 28.9 Å². The Hall–Kier alpha value is -2.58. The highest BCUT2D eigenvalue weighted by molar-refractivity contribution is 5.92. The summed E-state index contributed by atoms with van der Waals surface area (Å²) in [5, 5.41) is 3.79. The summed E-state index contributed by atoms with van der Waals surface area (Å²) < 4.78 is 48.5. The third-order valence-corrected chi connectivity index (χ3v) is 4.19. The zero-order valence-electron chi connectivity index (χ0n) is 13.0. The van der Waals surface area contributed by atoms with Gasteiger partial charge in [0.2, 0.25) is 0 Å². The molecule has 2 aromatic rings. The summed E-state index contributed by atoms with van der Waals surface area (Å²) in [7, 11) is 0. The van der Waals surface area contributed by atoms with E-state index in [4.69, 9.17) is 9.26 Å². The molecule has 2 aromatic heterocycles. The molecule has 0 bridgehead atoms. The zero-order chi connectivity index (χ0) is 17.6. The Morgan fingerprint density at radius 1 is 1.28 bits per heavy atom. The van der Waals surface area contributed by atoms with Crippen molar-refractivity contribution in [2.75, 3.05) is 13.1 Å². The highest BCUT2D eigenvalue weighted by Crippen LogP contribution is 2.40. The van der Waals surface area contributed by atoms with Gasteiger partial charge in [-0.3, -0.25) is 9.78 Å². The number of pyridine rings is 1. The molecule has 1 aliphatic heterocycles. The monoisotopic (exact) mass is 353 g/mol. The van der Waals surface area contributed by atoms with E-state index in [-0.39, 0.29) is 36.5 Å². The molecule has 0 atom stereocenters. The number of carbonyl (C=O) groups excluding carboxylic acids is 1. The van der Waals surface area contributed by atoms with Gasteiger partial charge in [0, 0.05) is 24.2 Å². The maximum absolute atomic E-state index is 12.6. The first kappa shape index (κ1) is 15.9. The van der Waals surface area contributed by atoms with Crippen molar-refractivity contribution in [3.8, 4) is 5.75 Å². The molecule has 25 heavy (non-hydrogen) atoms. The van der Waals surface area contributed by atoms with E-state index in [9.17, 15) is 18.0 Å². The van der Waals surface area contributed by atoms with E-state index in [1.807, 2.05) is 0 Å². The fourth-order valence-corrected chi connectivity index (χ4v) is 2.62. The molecule has 0 aromatic carbocycles. The molecule has 9 heteroatoms. The van der Waals surface area contributed by atoms with Crippen molar-refractivity contribution >= 4 is 5.91 Å². The molecule has 6 nitrogen and oxygen atoms in total. The largest absolute Gasteiger partial charge is 0.487 e. The average molecular weight is 353 g/mol. The van der Waals surface area contributed by atoms with Gasteiger partial charge in [-0.05, 0) is 18.9 Å². The standard InChI is InChI=1S/C16H14F3N3O3/c17-16(18,19)14-5-10(3-4-20-14)24-11-7-22(8-11)15(23)12-6-13(25-21-12)9-1-2-9/h3-6,9,11H,1-2,7-8H2. The Labute approximate surface area is 140 Å². The lowest BCUT2D eigenvalue weighted by Gasteiger charge is -2.38. The van der Waals surface area contributed by atoms with E-state index < -0.39 is 11.9 Å². The second-order valence-corrected chi connectivity index (χ2v) is 6.21. The Balaban J connectivity index is 1.33. The molecule has 1 saturated heterocycles. The smallest absolute Gasteiger partial charge is 0.433 e. The number of nitrogens with zero attached hydrogens (tertiary/aromatic N) is 3. The number of amides is 1. The maximum atomic E-state index is 12.6. The molecule has 2 fully saturated rings. The predicted molar refractivity (Wildman–Crippen MR) is 78.0 cm³/mol. The molecule has 0 N–H and O–H groups in total. The van der Waals surface area contributed by atoms with Crippen molar-refractivity contribution in [3.05, 3.63) is 41.5 Å². The van der Waals surface area contributed by atoms with Crippen LogP contribution in [0.3, 0.4) is 0 Å². The van der Waals surface area contributed by atoms with Crippen LogP contribution < -0.4 is 4.74 Å². The van der Waals surface area contributed by atoms with Crippen LogP contribution in [-0.4, -0.2) is 40.1 Å². The summed E-state index contributed by atoms with van der Waals surface area (Å²) in [4.78, 5) is 17.1. The predicted octanol–water partition coefficient (Wildman–Crippen LogP) is 2.87. The first-order valence-electron chi connectivity index (χ1n) is 7.86. The highest BCUT2D eigenvalue weighted by atomic mass is 19.4. The number of hydrogen-bond donors (Lipinski definition) is 0. The third kappa shape index (κ3) is 3.31. The van der Waals surface area contributed by atoms with Crippen molar-refractivity contribution < 1.29 is 27.2 Å². The van der Waals surface area contributed by atoms with Gasteiger partial charge in [-0.2, -0.15) is 13.2 Å². The second-order valence-electron chi connectivity index (χ2n) is 6.21. The molecule has 0 unspecified atom stereocenters. The highest BCUT2D eigenvalue weighted by Gasteiger charge is 2.37. The molecule has 1 amide bonds. The summed E-state index contributed by atoms with van der Waals surface area (Å²) in [5.74, 6) is 0.919. The van der Waals surface area contributed by atoms with Gasteiger partial charge in [0.15, 0.2) is 5.69 Å². The summed E-state index contributed by atoms with van der Waals surface area (Å²) in [6.45, 7) is 0.572. The van der Waals surface area contributed by atoms with E-state index in [0.717, 1.165) is 30.9 Å². The van der Waals surface area contributed by atoms with Crippen LogP contribution in [0.2, 0.25) is 0 Å². The number of halogens is 3. The van der Waals surface area contributed by atoms with E-state index in [1.165, 1.54) is 11.0 Å². The maximum Gasteiger partial charge on any atom is 0.433 e. The Morgan fingerprint density at radius 3 is 2.72 bits per heavy atom. The number of carbonyl (C=O) groups is 1. The summed E-state index contributed by atoms with van der Waals surface area (Å²) in [6, 6.07) is 3.87. The van der Waals surface area contributed by atoms with Gasteiger partial charge < -0.3 is 14.2 Å². The SMILES string of the molecule is O=C(c1cc(C2CC2)on1)N1CC(Oc2ccnc(C(F)(F)F)c2)C1. The number of likely N-dealkylation sites (tertiary alicyclic amines) is 1. The minimum absolute atomic E-state index is 0.0804. The topological polar surface area (TPSA) is 68.5 Å². The van der Waals surface area contributed by atoms with Gasteiger partial charge in [-0.25, -0.2) is 0 Å². The minimum Gasteiger partial charge on any atom is -0.487 e. The average Bonchev–Trinajstić information content (AvgIpc) is 3.26. The Morgan fingerprint density at radius 2 is 2.04 bits per heavy atom. The van der Waals surface area contributed by atoms with Crippen molar-refractivity contribution in [1.29, 1.82) is 0 Å². The van der Waals surface area contributed by atoms with E-state index in [1.54, 1.807) is 6.07 Å². The lowest BCUT2D eigenvalue weighted by molar-refractivity contribution is -0.141. The van der Waals surface area contributed by atoms with Crippen LogP contribution in [0.1, 0.15) is 40.7 Å². The first-order valence-corrected chi connectivity index (χ1v) is 7.86. The number of aromatic nitrogens is 2. The van der Waals surface area contributed by atoms with Gasteiger partial charge in [-0.15, -0.1) is 0 Å². The fraction of sp³-hybridized carbons (Fsp3) is 0.438. The van der Waals surface area contributed by atoms with Crippen LogP contribution in [0.4, 0.5) is 13.2 Å². The van der Waals surface area contributed by atoms with Crippen LogP contribution in [0.5, 0.6) is 5.75 Å². The Kier molecular flexibility index (Phi) is 3.66. The molecule has 1 aliphatic carbocycles. The van der Waals surface area contributed by atoms with Crippen LogP contribution in [0.25, 0.3) is 0 Å². The molecule has 2 aliphatic rings. The van der Waals surface area contributed by atoms with Gasteiger partial charge >= 0.3 is 6.18 Å². The summed E-state index contributed by atoms with van der Waals surface area (Å²) >= 11 is 0. The van der Waals surface area contributed by atoms with Gasteiger partial charge in [-0.1, -0.05) is 5.16 Å². The number of ether oxygens (including phenoxy) is 1. The van der Waals surface area contributed by atoms with Crippen molar-refractivity contribution in [2.24, 2.45) is 0 Å². The van der Waals surface area contributed by atoms with Crippen LogP contribution in [0, 0.1) is 0 Å². The molecule has 132 valence electrons. The molecule has 0 radical (unpaired) electrons. The molecule has 3 heterocycles. The van der Waals surface area contributed by atoms with E-state index >= 15 is 0 Å². The normalized spacial score (nSPS) is 18.1. The molecule has 1 saturated carbocycles. The second kappa shape index (κ2) is 5.75. The number of hydrogen-bond acceptors (Lipinski definition) is 5. The summed E-state index contributed by atoms with van der Waals surface area (Å²) in [6.07, 6.45) is -1.73. The fourth-order valence-electron chi connectivity index (χ4n) is 2.62. The van der Waals surface area contributed by atoms with Crippen molar-refractivity contribution in [2.45, 2.75) is 31.0 Å². The lowest BCUT2D eigenvalue weighted by atomic mass is 10.1. The quantitative estimate of drug-likeness (QED) is 0.845. The molecular weight excluding hydrogens is 339 g/mol. The number of alkyl halides is 3. The Bertz CT molecular complexity index is 795. The van der Waals surface area contributed by atoms with E-state index in [2.05, 4.69) is 10.1 Å². The lowest BCUT2D eigenvalue weighted by Crippen LogP contribution is -2.56. The minimum atomic E-state index is -4.52. The number of rotatable bonds is 4. The molecule has 4 rings (SSSR count). The summed E-state index contributed by atoms with van der Waals surface area (Å²) in [5.41, 5.74) is -0.754. The van der Waals surface area contributed by atoms with Crippen molar-refractivity contribution in [3.63, 3.8) is 0 Å². The zero-order valence-corrected chi connectivity index (χ0v) is 13.0. The van der Waals surface area contributed by atoms with Gasteiger partial charge in [0.05, 0.1) is 13.1 Å². The first-order chi connectivity index (χ1) is 11.9. The van der Waals surface area contributed by atoms with Crippen LogP contribution in [-0.2, 0) is 6.18 Å². The van der Waals surface area contributed by atoms with Crippen LogP contribution >= 0.6 is 0 Å². The molecule has 0 spiro atoms.